The Balaban J connectivity index is 2.38. The number of aliphatic imine (C=N–C) groups is 1. The monoisotopic (exact) mass is 181 g/mol. The van der Waals surface area contributed by atoms with E-state index in [0.29, 0.717) is 0 Å². The Hall–Kier alpha value is -0.620. The van der Waals surface area contributed by atoms with E-state index in [1.165, 1.54) is 32.1 Å². The van der Waals surface area contributed by atoms with Crippen molar-refractivity contribution in [2.24, 2.45) is 10.9 Å². The topological polar surface area (TPSA) is 29.4 Å². The highest BCUT2D eigenvalue weighted by Crippen LogP contribution is 2.22. The van der Waals surface area contributed by atoms with Gasteiger partial charge in [0.15, 0.2) is 0 Å². The van der Waals surface area contributed by atoms with Crippen LogP contribution >= 0.6 is 0 Å². The molecule has 1 aliphatic carbocycles. The van der Waals surface area contributed by atoms with Gasteiger partial charge < -0.3 is 0 Å². The van der Waals surface area contributed by atoms with Crippen LogP contribution in [0.25, 0.3) is 0 Å². The molecule has 0 radical (unpaired) electrons. The Labute approximate surface area is 80.4 Å². The third-order valence-corrected chi connectivity index (χ3v) is 2.95. The maximum Gasteiger partial charge on any atom is 0.235 e. The molecular formula is C11H19NO. The average Bonchev–Trinajstić information content (AvgIpc) is 2.20. The number of hydrogen-bond acceptors (Lipinski definition) is 2. The molecule has 1 fully saturated rings. The van der Waals surface area contributed by atoms with Crippen molar-refractivity contribution < 1.29 is 4.79 Å². The van der Waals surface area contributed by atoms with Gasteiger partial charge in [-0.1, -0.05) is 39.0 Å². The van der Waals surface area contributed by atoms with E-state index in [2.05, 4.69) is 11.9 Å². The van der Waals surface area contributed by atoms with Gasteiger partial charge in [0.05, 0.1) is 6.04 Å². The summed E-state index contributed by atoms with van der Waals surface area (Å²) >= 11 is 0. The minimum Gasteiger partial charge on any atom is -0.211 e. The predicted molar refractivity (Wildman–Crippen MR) is 53.4 cm³/mol. The van der Waals surface area contributed by atoms with E-state index in [9.17, 15) is 4.79 Å². The molecule has 2 atom stereocenters. The van der Waals surface area contributed by atoms with Crippen LogP contribution in [0.4, 0.5) is 0 Å². The first kappa shape index (κ1) is 10.5. The van der Waals surface area contributed by atoms with Gasteiger partial charge in [0.25, 0.3) is 0 Å². The zero-order valence-electron chi connectivity index (χ0n) is 8.46. The number of rotatable bonds is 1. The van der Waals surface area contributed by atoms with Crippen LogP contribution in [0.5, 0.6) is 0 Å². The molecule has 2 nitrogen and oxygen atoms in total. The second-order valence-electron chi connectivity index (χ2n) is 4.19. The second-order valence-corrected chi connectivity index (χ2v) is 4.19. The van der Waals surface area contributed by atoms with Crippen LogP contribution in [0.3, 0.4) is 0 Å². The molecule has 0 bridgehead atoms. The lowest BCUT2D eigenvalue weighted by atomic mass is 9.99. The van der Waals surface area contributed by atoms with Gasteiger partial charge in [-0.25, -0.2) is 9.79 Å². The summed E-state index contributed by atoms with van der Waals surface area (Å²) < 4.78 is 0. The first-order chi connectivity index (χ1) is 6.33. The Morgan fingerprint density at radius 1 is 1.08 bits per heavy atom. The van der Waals surface area contributed by atoms with E-state index in [1.807, 2.05) is 0 Å². The molecule has 13 heavy (non-hydrogen) atoms. The molecular weight excluding hydrogens is 162 g/mol. The highest BCUT2D eigenvalue weighted by atomic mass is 16.1. The van der Waals surface area contributed by atoms with Crippen molar-refractivity contribution in [2.75, 3.05) is 0 Å². The summed E-state index contributed by atoms with van der Waals surface area (Å²) in [4.78, 5) is 14.0. The lowest BCUT2D eigenvalue weighted by Gasteiger charge is -2.08. The van der Waals surface area contributed by atoms with E-state index in [0.717, 1.165) is 18.8 Å². The van der Waals surface area contributed by atoms with Gasteiger partial charge >= 0.3 is 0 Å². The standard InChI is InChI=1S/C11H19NO/c1-10-5-2-3-7-11(12-9-13)8-4-6-10/h10-11H,2-8H2,1H3. The van der Waals surface area contributed by atoms with Crippen LogP contribution in [0.1, 0.15) is 51.9 Å². The highest BCUT2D eigenvalue weighted by Gasteiger charge is 2.11. The first-order valence-corrected chi connectivity index (χ1v) is 5.40. The number of hydrogen-bond donors (Lipinski definition) is 0. The molecule has 0 saturated heterocycles. The van der Waals surface area contributed by atoms with Crippen LogP contribution in [-0.2, 0) is 4.79 Å². The molecule has 74 valence electrons. The molecule has 1 aliphatic rings. The molecule has 1 saturated carbocycles. The predicted octanol–water partition coefficient (Wildman–Crippen LogP) is 3.07. The van der Waals surface area contributed by atoms with E-state index in [-0.39, 0.29) is 6.04 Å². The third-order valence-electron chi connectivity index (χ3n) is 2.95. The first-order valence-electron chi connectivity index (χ1n) is 5.40. The molecule has 0 aromatic carbocycles. The summed E-state index contributed by atoms with van der Waals surface area (Å²) in [7, 11) is 0. The summed E-state index contributed by atoms with van der Waals surface area (Å²) in [6, 6.07) is 0.266. The lowest BCUT2D eigenvalue weighted by molar-refractivity contribution is 0.462. The van der Waals surface area contributed by atoms with Crippen LogP contribution in [0, 0.1) is 5.92 Å². The van der Waals surface area contributed by atoms with Gasteiger partial charge in [0, 0.05) is 0 Å². The van der Waals surface area contributed by atoms with Gasteiger partial charge in [0.1, 0.15) is 0 Å². The van der Waals surface area contributed by atoms with Crippen LogP contribution in [0.2, 0.25) is 0 Å². The molecule has 0 aromatic rings. The fraction of sp³-hybridized carbons (Fsp3) is 0.909. The summed E-state index contributed by atoms with van der Waals surface area (Å²) in [5.74, 6) is 0.860. The molecule has 2 heteroatoms. The van der Waals surface area contributed by atoms with Crippen LogP contribution < -0.4 is 0 Å². The van der Waals surface area contributed by atoms with E-state index in [4.69, 9.17) is 0 Å². The second kappa shape index (κ2) is 5.93. The zero-order chi connectivity index (χ0) is 9.52. The van der Waals surface area contributed by atoms with Crippen LogP contribution in [-0.4, -0.2) is 12.1 Å². The molecule has 0 aliphatic heterocycles. The minimum absolute atomic E-state index is 0.266. The smallest absolute Gasteiger partial charge is 0.211 e. The number of nitrogens with zero attached hydrogens (tertiary/aromatic N) is 1. The van der Waals surface area contributed by atoms with Gasteiger partial charge in [-0.05, 0) is 18.8 Å². The van der Waals surface area contributed by atoms with Gasteiger partial charge in [-0.15, -0.1) is 0 Å². The largest absolute Gasteiger partial charge is 0.235 e. The Kier molecular flexibility index (Phi) is 4.77. The quantitative estimate of drug-likeness (QED) is 0.451. The summed E-state index contributed by atoms with van der Waals surface area (Å²) in [5, 5.41) is 0. The third kappa shape index (κ3) is 4.23. The Bertz CT molecular complexity index is 185. The summed E-state index contributed by atoms with van der Waals surface area (Å²) in [5.41, 5.74) is 0. The van der Waals surface area contributed by atoms with Gasteiger partial charge in [-0.2, -0.15) is 0 Å². The Morgan fingerprint density at radius 3 is 2.46 bits per heavy atom. The molecule has 2 unspecified atom stereocenters. The molecule has 1 rings (SSSR count). The summed E-state index contributed by atoms with van der Waals surface area (Å²) in [6.45, 7) is 2.32. The van der Waals surface area contributed by atoms with Crippen molar-refractivity contribution in [3.8, 4) is 0 Å². The molecule has 0 spiro atoms. The fourth-order valence-electron chi connectivity index (χ4n) is 2.07. The Morgan fingerprint density at radius 2 is 1.69 bits per heavy atom. The van der Waals surface area contributed by atoms with E-state index in [1.54, 1.807) is 6.08 Å². The maximum absolute atomic E-state index is 10.1. The maximum atomic E-state index is 10.1. The van der Waals surface area contributed by atoms with Gasteiger partial charge in [-0.3, -0.25) is 0 Å². The molecule has 0 N–H and O–H groups in total. The average molecular weight is 181 g/mol. The summed E-state index contributed by atoms with van der Waals surface area (Å²) in [6.07, 6.45) is 10.2. The normalized spacial score (nSPS) is 30.8. The minimum atomic E-state index is 0.266. The number of carbonyl (C=O) groups excluding carboxylic acids is 1. The van der Waals surface area contributed by atoms with Crippen LogP contribution in [0.15, 0.2) is 4.99 Å². The molecule has 0 amide bonds. The number of isocyanates is 1. The van der Waals surface area contributed by atoms with Crippen molar-refractivity contribution in [2.45, 2.75) is 57.9 Å². The molecule has 0 aromatic heterocycles. The van der Waals surface area contributed by atoms with Gasteiger partial charge in [0.2, 0.25) is 6.08 Å². The zero-order valence-corrected chi connectivity index (χ0v) is 8.46. The molecule has 0 heterocycles. The van der Waals surface area contributed by atoms with E-state index >= 15 is 0 Å². The lowest BCUT2D eigenvalue weighted by Crippen LogP contribution is -2.03. The van der Waals surface area contributed by atoms with Crippen molar-refractivity contribution in [1.29, 1.82) is 0 Å². The fourth-order valence-corrected chi connectivity index (χ4v) is 2.07. The van der Waals surface area contributed by atoms with Crippen molar-refractivity contribution >= 4 is 6.08 Å². The van der Waals surface area contributed by atoms with Crippen molar-refractivity contribution in [3.63, 3.8) is 0 Å². The SMILES string of the molecule is CC1CCCCC(N=C=O)CCC1. The highest BCUT2D eigenvalue weighted by molar-refractivity contribution is 5.33. The van der Waals surface area contributed by atoms with Crippen molar-refractivity contribution in [3.05, 3.63) is 0 Å². The van der Waals surface area contributed by atoms with E-state index < -0.39 is 0 Å². The van der Waals surface area contributed by atoms with Crippen molar-refractivity contribution in [1.82, 2.24) is 0 Å².